The Balaban J connectivity index is 2.09. The third-order valence-electron chi connectivity index (χ3n) is 3.26. The van der Waals surface area contributed by atoms with Crippen LogP contribution in [0.4, 0.5) is 4.39 Å². The Morgan fingerprint density at radius 2 is 1.83 bits per heavy atom. The van der Waals surface area contributed by atoms with Crippen LogP contribution >= 0.6 is 11.8 Å². The van der Waals surface area contributed by atoms with Crippen LogP contribution in [0.25, 0.3) is 0 Å². The van der Waals surface area contributed by atoms with Crippen LogP contribution < -0.4 is 4.72 Å². The molecule has 0 unspecified atom stereocenters. The van der Waals surface area contributed by atoms with Gasteiger partial charge in [0, 0.05) is 24.6 Å². The van der Waals surface area contributed by atoms with E-state index in [-0.39, 0.29) is 40.2 Å². The average molecular weight is 369 g/mol. The largest absolute Gasteiger partial charge is 0.293 e. The van der Waals surface area contributed by atoms with Crippen LogP contribution in [0.2, 0.25) is 0 Å². The lowest BCUT2D eigenvalue weighted by molar-refractivity contribution is -0.109. The molecule has 1 aliphatic rings. The Labute approximate surface area is 144 Å². The van der Waals surface area contributed by atoms with Gasteiger partial charge >= 0.3 is 0 Å². The zero-order chi connectivity index (χ0) is 17.7. The number of halogens is 1. The summed E-state index contributed by atoms with van der Waals surface area (Å²) in [5.41, 5.74) is 0.749. The molecule has 1 aromatic rings. The number of hydrogen-bond acceptors (Lipinski definition) is 5. The summed E-state index contributed by atoms with van der Waals surface area (Å²) in [6.45, 7) is 1.38. The minimum absolute atomic E-state index is 0.00851. The minimum Gasteiger partial charge on any atom is -0.293 e. The lowest BCUT2D eigenvalue weighted by Crippen LogP contribution is -2.24. The molecule has 0 heterocycles. The molecule has 0 saturated heterocycles. The molecule has 128 valence electrons. The standard InChI is InChI=1S/C16H16FNO4S2/c1-11(19)23-10-16(20)12-2-8-15(9-3-12)24(21,22)18-14-6-4-13(17)5-7-14/h2-4,6,8-9,18H,5,7,10H2,1H3. The van der Waals surface area contributed by atoms with Crippen molar-refractivity contribution in [3.05, 3.63) is 53.5 Å². The quantitative estimate of drug-likeness (QED) is 0.780. The first-order valence-electron chi connectivity index (χ1n) is 7.12. The number of allylic oxidation sites excluding steroid dienone is 4. The fraction of sp³-hybridized carbons (Fsp3) is 0.250. The molecule has 0 bridgehead atoms. The van der Waals surface area contributed by atoms with E-state index < -0.39 is 10.0 Å². The second-order valence-corrected chi connectivity index (χ2v) is 7.97. The van der Waals surface area contributed by atoms with Crippen molar-refractivity contribution in [1.29, 1.82) is 0 Å². The number of hydrogen-bond donors (Lipinski definition) is 1. The van der Waals surface area contributed by atoms with Gasteiger partial charge < -0.3 is 0 Å². The van der Waals surface area contributed by atoms with Crippen molar-refractivity contribution < 1.29 is 22.4 Å². The molecule has 0 radical (unpaired) electrons. The van der Waals surface area contributed by atoms with Crippen LogP contribution in [0.5, 0.6) is 0 Å². The molecule has 0 aromatic heterocycles. The molecule has 1 aromatic carbocycles. The molecule has 1 aliphatic carbocycles. The number of ketones is 1. The summed E-state index contributed by atoms with van der Waals surface area (Å²) < 4.78 is 39.9. The van der Waals surface area contributed by atoms with Gasteiger partial charge in [-0.25, -0.2) is 12.8 Å². The van der Waals surface area contributed by atoms with E-state index in [0.29, 0.717) is 11.3 Å². The molecule has 8 heteroatoms. The van der Waals surface area contributed by atoms with Crippen molar-refractivity contribution in [2.24, 2.45) is 0 Å². The van der Waals surface area contributed by atoms with E-state index in [2.05, 4.69) is 4.72 Å². The molecule has 0 spiro atoms. The SMILES string of the molecule is CC(=O)SCC(=O)c1ccc(S(=O)(=O)NC2=CC=C(F)CC2)cc1. The van der Waals surface area contributed by atoms with Crippen molar-refractivity contribution in [3.63, 3.8) is 0 Å². The molecule has 0 aliphatic heterocycles. The monoisotopic (exact) mass is 369 g/mol. The fourth-order valence-corrected chi connectivity index (χ4v) is 3.63. The number of carbonyl (C=O) groups excluding carboxylic acids is 2. The highest BCUT2D eigenvalue weighted by Gasteiger charge is 2.18. The molecule has 1 N–H and O–H groups in total. The molecular formula is C16H16FNO4S2. The Morgan fingerprint density at radius 1 is 1.17 bits per heavy atom. The van der Waals surface area contributed by atoms with Crippen molar-refractivity contribution in [2.45, 2.75) is 24.7 Å². The van der Waals surface area contributed by atoms with Crippen LogP contribution in [0.1, 0.15) is 30.1 Å². The zero-order valence-corrected chi connectivity index (χ0v) is 14.5. The van der Waals surface area contributed by atoms with Crippen LogP contribution in [-0.2, 0) is 14.8 Å². The first kappa shape index (κ1) is 18.4. The number of nitrogens with one attached hydrogen (secondary N) is 1. The van der Waals surface area contributed by atoms with Gasteiger partial charge in [-0.3, -0.25) is 14.3 Å². The maximum atomic E-state index is 12.9. The second kappa shape index (κ2) is 7.76. The molecule has 0 saturated carbocycles. The van der Waals surface area contributed by atoms with E-state index in [1.165, 1.54) is 43.3 Å². The van der Waals surface area contributed by atoms with Crippen molar-refractivity contribution in [2.75, 3.05) is 5.75 Å². The van der Waals surface area contributed by atoms with Gasteiger partial charge in [-0.1, -0.05) is 23.9 Å². The van der Waals surface area contributed by atoms with E-state index >= 15 is 0 Å². The molecular weight excluding hydrogens is 353 g/mol. The van der Waals surface area contributed by atoms with Gasteiger partial charge in [0.15, 0.2) is 10.9 Å². The highest BCUT2D eigenvalue weighted by atomic mass is 32.2. The van der Waals surface area contributed by atoms with Gasteiger partial charge in [-0.15, -0.1) is 0 Å². The lowest BCUT2D eigenvalue weighted by atomic mass is 10.1. The molecule has 2 rings (SSSR count). The minimum atomic E-state index is -3.79. The molecule has 5 nitrogen and oxygen atoms in total. The van der Waals surface area contributed by atoms with Crippen LogP contribution in [0, 0.1) is 0 Å². The average Bonchev–Trinajstić information content (AvgIpc) is 2.54. The molecule has 24 heavy (non-hydrogen) atoms. The number of rotatable bonds is 6. The maximum absolute atomic E-state index is 12.9. The Hall–Kier alpha value is -1.93. The predicted molar refractivity (Wildman–Crippen MR) is 90.7 cm³/mol. The van der Waals surface area contributed by atoms with E-state index in [9.17, 15) is 22.4 Å². The molecule has 0 atom stereocenters. The Kier molecular flexibility index (Phi) is 5.95. The number of Topliss-reactive ketones (excluding diaryl/α,β-unsaturated/α-hetero) is 1. The highest BCUT2D eigenvalue weighted by Crippen LogP contribution is 2.20. The van der Waals surface area contributed by atoms with Gasteiger partial charge in [0.2, 0.25) is 0 Å². The van der Waals surface area contributed by atoms with E-state index in [1.54, 1.807) is 0 Å². The molecule has 0 amide bonds. The second-order valence-electron chi connectivity index (χ2n) is 5.14. The lowest BCUT2D eigenvalue weighted by Gasteiger charge is -2.13. The summed E-state index contributed by atoms with van der Waals surface area (Å²) in [7, 11) is -3.79. The van der Waals surface area contributed by atoms with Crippen molar-refractivity contribution in [3.8, 4) is 0 Å². The third kappa shape index (κ3) is 5.04. The van der Waals surface area contributed by atoms with Crippen molar-refractivity contribution in [1.82, 2.24) is 4.72 Å². The topological polar surface area (TPSA) is 80.3 Å². The maximum Gasteiger partial charge on any atom is 0.261 e. The first-order valence-corrected chi connectivity index (χ1v) is 9.59. The smallest absolute Gasteiger partial charge is 0.261 e. The predicted octanol–water partition coefficient (Wildman–Crippen LogP) is 2.96. The Bertz CT molecular complexity index is 811. The number of carbonyl (C=O) groups is 2. The van der Waals surface area contributed by atoms with Gasteiger partial charge in [0.1, 0.15) is 5.83 Å². The van der Waals surface area contributed by atoms with Crippen LogP contribution in [0.3, 0.4) is 0 Å². The summed E-state index contributed by atoms with van der Waals surface area (Å²) in [6.07, 6.45) is 3.07. The van der Waals surface area contributed by atoms with Gasteiger partial charge in [-0.05, 0) is 30.7 Å². The van der Waals surface area contributed by atoms with Crippen LogP contribution in [-0.4, -0.2) is 25.1 Å². The third-order valence-corrected chi connectivity index (χ3v) is 5.49. The number of sulfonamides is 1. The van der Waals surface area contributed by atoms with E-state index in [4.69, 9.17) is 0 Å². The highest BCUT2D eigenvalue weighted by molar-refractivity contribution is 8.14. The van der Waals surface area contributed by atoms with Crippen molar-refractivity contribution >= 4 is 32.7 Å². The zero-order valence-electron chi connectivity index (χ0n) is 12.9. The van der Waals surface area contributed by atoms with Crippen LogP contribution in [0.15, 0.2) is 52.8 Å². The number of benzene rings is 1. The van der Waals surface area contributed by atoms with Gasteiger partial charge in [-0.2, -0.15) is 0 Å². The summed E-state index contributed by atoms with van der Waals surface area (Å²) >= 11 is 0.905. The first-order chi connectivity index (χ1) is 11.3. The van der Waals surface area contributed by atoms with E-state index in [1.807, 2.05) is 0 Å². The fourth-order valence-electron chi connectivity index (χ4n) is 2.00. The van der Waals surface area contributed by atoms with E-state index in [0.717, 1.165) is 11.8 Å². The Morgan fingerprint density at radius 3 is 2.38 bits per heavy atom. The molecule has 0 fully saturated rings. The van der Waals surface area contributed by atoms with Gasteiger partial charge in [0.25, 0.3) is 10.0 Å². The summed E-state index contributed by atoms with van der Waals surface area (Å²) in [6, 6.07) is 5.47. The van der Waals surface area contributed by atoms with Gasteiger partial charge in [0.05, 0.1) is 10.6 Å². The summed E-state index contributed by atoms with van der Waals surface area (Å²) in [4.78, 5) is 22.7. The number of thioether (sulfide) groups is 1. The summed E-state index contributed by atoms with van der Waals surface area (Å²) in [5, 5.41) is -0.155. The summed E-state index contributed by atoms with van der Waals surface area (Å²) in [5.74, 6) is -0.517. The normalized spacial score (nSPS) is 14.6.